The maximum atomic E-state index is 10.0. The average molecular weight is 348 g/mol. The van der Waals surface area contributed by atoms with E-state index in [1.54, 1.807) is 18.2 Å². The van der Waals surface area contributed by atoms with Gasteiger partial charge in [0.2, 0.25) is 0 Å². The van der Waals surface area contributed by atoms with Gasteiger partial charge < -0.3 is 19.9 Å². The van der Waals surface area contributed by atoms with Crippen molar-refractivity contribution in [2.75, 3.05) is 0 Å². The molecule has 0 fully saturated rings. The minimum Gasteiger partial charge on any atom is -0.508 e. The van der Waals surface area contributed by atoms with E-state index >= 15 is 0 Å². The highest BCUT2D eigenvalue weighted by molar-refractivity contribution is 5.97. The van der Waals surface area contributed by atoms with Crippen LogP contribution in [0.4, 0.5) is 0 Å². The van der Waals surface area contributed by atoms with Gasteiger partial charge in [0, 0.05) is 23.1 Å². The van der Waals surface area contributed by atoms with Crippen molar-refractivity contribution in [3.8, 4) is 34.6 Å². The molecular weight excluding hydrogens is 328 g/mol. The van der Waals surface area contributed by atoms with Crippen molar-refractivity contribution in [2.24, 2.45) is 0 Å². The molecule has 1 atom stereocenters. The lowest BCUT2D eigenvalue weighted by atomic mass is 9.90. The minimum atomic E-state index is -0.229. The third-order valence-electron chi connectivity index (χ3n) is 5.27. The zero-order chi connectivity index (χ0) is 18.4. The van der Waals surface area contributed by atoms with Gasteiger partial charge in [-0.2, -0.15) is 5.26 Å². The lowest BCUT2D eigenvalue weighted by Crippen LogP contribution is -2.18. The first-order chi connectivity index (χ1) is 12.5. The van der Waals surface area contributed by atoms with Gasteiger partial charge in [-0.25, -0.2) is 0 Å². The van der Waals surface area contributed by atoms with Gasteiger partial charge in [0.05, 0.1) is 16.8 Å². The number of hydrogen-bond acceptors (Lipinski definition) is 4. The number of rotatable bonds is 3. The maximum absolute atomic E-state index is 10.0. The number of nitrogens with zero attached hydrogens (tertiary/aromatic N) is 2. The van der Waals surface area contributed by atoms with Crippen LogP contribution >= 0.6 is 0 Å². The number of nitriles is 1. The third kappa shape index (κ3) is 2.30. The Labute approximate surface area is 151 Å². The van der Waals surface area contributed by atoms with Crippen LogP contribution in [0.25, 0.3) is 22.2 Å². The van der Waals surface area contributed by atoms with Crippen LogP contribution in [0.2, 0.25) is 0 Å². The first kappa shape index (κ1) is 16.3. The first-order valence-corrected chi connectivity index (χ1v) is 8.87. The minimum absolute atomic E-state index is 0.132. The number of benzene rings is 2. The Kier molecular flexibility index (Phi) is 3.77. The van der Waals surface area contributed by atoms with Gasteiger partial charge in [0.25, 0.3) is 0 Å². The van der Waals surface area contributed by atoms with Crippen molar-refractivity contribution in [2.45, 2.75) is 38.6 Å². The highest BCUT2D eigenvalue weighted by atomic mass is 16.3. The van der Waals surface area contributed by atoms with E-state index in [4.69, 9.17) is 0 Å². The molecule has 4 rings (SSSR count). The fourth-order valence-electron chi connectivity index (χ4n) is 4.09. The molecule has 1 aliphatic rings. The predicted octanol–water partition coefficient (Wildman–Crippen LogP) is 4.58. The van der Waals surface area contributed by atoms with Crippen molar-refractivity contribution in [1.82, 2.24) is 4.57 Å². The highest BCUT2D eigenvalue weighted by Gasteiger charge is 2.30. The van der Waals surface area contributed by atoms with Crippen molar-refractivity contribution in [3.05, 3.63) is 41.5 Å². The molecule has 1 aromatic heterocycles. The van der Waals surface area contributed by atoms with E-state index < -0.39 is 0 Å². The van der Waals surface area contributed by atoms with Gasteiger partial charge in [-0.1, -0.05) is 19.8 Å². The summed E-state index contributed by atoms with van der Waals surface area (Å²) in [5.41, 5.74) is 3.98. The second kappa shape index (κ2) is 5.99. The summed E-state index contributed by atoms with van der Waals surface area (Å²) in [6, 6.07) is 10.7. The molecule has 3 N–H and O–H groups in total. The summed E-state index contributed by atoms with van der Waals surface area (Å²) in [7, 11) is 0. The molecule has 0 radical (unpaired) electrons. The Balaban J connectivity index is 2.08. The highest BCUT2D eigenvalue weighted by Crippen LogP contribution is 2.46. The molecule has 5 heteroatoms. The summed E-state index contributed by atoms with van der Waals surface area (Å²) in [5.74, 6) is -0.197. The van der Waals surface area contributed by atoms with Crippen LogP contribution in [0.15, 0.2) is 30.3 Å². The van der Waals surface area contributed by atoms with Gasteiger partial charge in [0.1, 0.15) is 11.8 Å². The summed E-state index contributed by atoms with van der Waals surface area (Å²) in [4.78, 5) is 0. The van der Waals surface area contributed by atoms with Crippen LogP contribution in [-0.4, -0.2) is 19.9 Å². The van der Waals surface area contributed by atoms with Crippen molar-refractivity contribution in [3.63, 3.8) is 0 Å². The van der Waals surface area contributed by atoms with Crippen LogP contribution in [0.5, 0.6) is 17.2 Å². The Hall–Kier alpha value is -3.13. The van der Waals surface area contributed by atoms with Crippen LogP contribution in [0.1, 0.15) is 43.4 Å². The number of aromatic nitrogens is 1. The van der Waals surface area contributed by atoms with Gasteiger partial charge in [-0.05, 0) is 42.7 Å². The molecule has 132 valence electrons. The van der Waals surface area contributed by atoms with E-state index in [-0.39, 0.29) is 23.3 Å². The summed E-state index contributed by atoms with van der Waals surface area (Å²) < 4.78 is 2.13. The van der Waals surface area contributed by atoms with E-state index in [1.165, 1.54) is 6.07 Å². The largest absolute Gasteiger partial charge is 0.508 e. The average Bonchev–Trinajstić information content (AvgIpc) is 2.93. The molecular formula is C21H20N2O3. The number of unbranched alkanes of at least 4 members (excludes halogenated alkanes) is 1. The number of aromatic hydroxyl groups is 3. The monoisotopic (exact) mass is 348 g/mol. The van der Waals surface area contributed by atoms with Gasteiger partial charge in [-0.3, -0.25) is 0 Å². The van der Waals surface area contributed by atoms with E-state index in [0.717, 1.165) is 48.0 Å². The molecule has 26 heavy (non-hydrogen) atoms. The molecule has 2 aromatic carbocycles. The molecule has 5 nitrogen and oxygen atoms in total. The second-order valence-corrected chi connectivity index (χ2v) is 6.91. The Bertz CT molecular complexity index is 1060. The summed E-state index contributed by atoms with van der Waals surface area (Å²) in [6.07, 6.45) is 3.81. The van der Waals surface area contributed by atoms with Crippen LogP contribution in [0.3, 0.4) is 0 Å². The molecule has 1 unspecified atom stereocenters. The standard InChI is InChI=1S/C21H20N2O3/c1-2-3-4-13-7-12-8-14(24)5-6-15(12)21-17(11-22)16-9-19(25)20(26)10-18(16)23(13)21/h5-6,8-10,13,24-26H,2-4,7H2,1H3. The fourth-order valence-corrected chi connectivity index (χ4v) is 4.09. The van der Waals surface area contributed by atoms with Crippen molar-refractivity contribution >= 4 is 10.9 Å². The number of phenolic OH excluding ortho intramolecular Hbond substituents is 3. The van der Waals surface area contributed by atoms with Gasteiger partial charge in [-0.15, -0.1) is 0 Å². The molecule has 0 aliphatic carbocycles. The molecule has 3 aromatic rings. The SMILES string of the molecule is CCCCC1Cc2cc(O)ccc2-c2c(C#N)c3cc(O)c(O)cc3n21. The predicted molar refractivity (Wildman–Crippen MR) is 99.3 cm³/mol. The maximum Gasteiger partial charge on any atom is 0.159 e. The molecule has 0 spiro atoms. The van der Waals surface area contributed by atoms with Gasteiger partial charge >= 0.3 is 0 Å². The molecule has 2 heterocycles. The number of hydrogen-bond donors (Lipinski definition) is 3. The molecule has 0 amide bonds. The first-order valence-electron chi connectivity index (χ1n) is 8.87. The van der Waals surface area contributed by atoms with E-state index in [1.807, 2.05) is 6.07 Å². The summed E-state index contributed by atoms with van der Waals surface area (Å²) in [6.45, 7) is 2.14. The van der Waals surface area contributed by atoms with Crippen LogP contribution in [0, 0.1) is 11.3 Å². The lowest BCUT2D eigenvalue weighted by Gasteiger charge is -2.29. The van der Waals surface area contributed by atoms with E-state index in [9.17, 15) is 20.6 Å². The van der Waals surface area contributed by atoms with Crippen LogP contribution in [-0.2, 0) is 6.42 Å². The van der Waals surface area contributed by atoms with Gasteiger partial charge in [0.15, 0.2) is 11.5 Å². The van der Waals surface area contributed by atoms with Crippen molar-refractivity contribution in [1.29, 1.82) is 5.26 Å². The Morgan fingerprint density at radius 3 is 2.65 bits per heavy atom. The normalized spacial score (nSPS) is 15.5. The van der Waals surface area contributed by atoms with E-state index in [0.29, 0.717) is 10.9 Å². The number of fused-ring (bicyclic) bond motifs is 5. The second-order valence-electron chi connectivity index (χ2n) is 6.91. The molecule has 1 aliphatic heterocycles. The quantitative estimate of drug-likeness (QED) is 0.604. The summed E-state index contributed by atoms with van der Waals surface area (Å²) >= 11 is 0. The van der Waals surface area contributed by atoms with E-state index in [2.05, 4.69) is 17.6 Å². The molecule has 0 saturated carbocycles. The zero-order valence-corrected chi connectivity index (χ0v) is 14.5. The lowest BCUT2D eigenvalue weighted by molar-refractivity contribution is 0.404. The topological polar surface area (TPSA) is 89.4 Å². The third-order valence-corrected chi connectivity index (χ3v) is 5.27. The molecule has 0 bridgehead atoms. The zero-order valence-electron chi connectivity index (χ0n) is 14.5. The summed E-state index contributed by atoms with van der Waals surface area (Å²) in [5, 5.41) is 40.3. The van der Waals surface area contributed by atoms with Crippen molar-refractivity contribution < 1.29 is 15.3 Å². The smallest absolute Gasteiger partial charge is 0.159 e. The fraction of sp³-hybridized carbons (Fsp3) is 0.286. The Morgan fingerprint density at radius 1 is 1.15 bits per heavy atom. The molecule has 0 saturated heterocycles. The number of phenols is 3. The Morgan fingerprint density at radius 2 is 1.92 bits per heavy atom. The van der Waals surface area contributed by atoms with Crippen LogP contribution < -0.4 is 0 Å².